The van der Waals surface area contributed by atoms with Crippen LogP contribution in [-0.4, -0.2) is 27.7 Å². The molecule has 23 heavy (non-hydrogen) atoms. The molecule has 1 aromatic heterocycles. The third-order valence-electron chi connectivity index (χ3n) is 3.20. The lowest BCUT2D eigenvalue weighted by Crippen LogP contribution is -1.93. The van der Waals surface area contributed by atoms with Crippen LogP contribution < -0.4 is 4.74 Å². The summed E-state index contributed by atoms with van der Waals surface area (Å²) in [6.45, 7) is 0. The van der Waals surface area contributed by atoms with E-state index in [2.05, 4.69) is 52.5 Å². The molecule has 7 heteroatoms. The van der Waals surface area contributed by atoms with Gasteiger partial charge in [-0.25, -0.2) is 0 Å². The number of hydrogen-bond donors (Lipinski definition) is 1. The molecule has 0 radical (unpaired) electrons. The van der Waals surface area contributed by atoms with Gasteiger partial charge in [-0.05, 0) is 41.1 Å². The fourth-order valence-electron chi connectivity index (χ4n) is 2.20. The van der Waals surface area contributed by atoms with E-state index in [9.17, 15) is 0 Å². The Kier molecular flexibility index (Phi) is 4.88. The van der Waals surface area contributed by atoms with Gasteiger partial charge >= 0.3 is 0 Å². The summed E-state index contributed by atoms with van der Waals surface area (Å²) in [5.74, 6) is 1.29. The number of ether oxygens (including phenoxy) is 1. The first-order valence-electron chi connectivity index (χ1n) is 6.72. The van der Waals surface area contributed by atoms with Crippen molar-refractivity contribution < 1.29 is 4.74 Å². The number of hydrogen-bond acceptors (Lipinski definition) is 4. The monoisotopic (exact) mass is 434 g/mol. The van der Waals surface area contributed by atoms with Crippen LogP contribution in [-0.2, 0) is 0 Å². The van der Waals surface area contributed by atoms with Gasteiger partial charge in [0.1, 0.15) is 5.75 Å². The van der Waals surface area contributed by atoms with Crippen LogP contribution in [0.25, 0.3) is 11.6 Å². The van der Waals surface area contributed by atoms with Crippen LogP contribution in [0.3, 0.4) is 0 Å². The summed E-state index contributed by atoms with van der Waals surface area (Å²) < 4.78 is 7.33. The summed E-state index contributed by atoms with van der Waals surface area (Å²) in [7, 11) is 1.65. The smallest absolute Gasteiger partial charge is 0.205 e. The number of tetrazole rings is 1. The van der Waals surface area contributed by atoms with Crippen LogP contribution >= 0.6 is 31.9 Å². The van der Waals surface area contributed by atoms with Gasteiger partial charge in [0.15, 0.2) is 0 Å². The highest BCUT2D eigenvalue weighted by atomic mass is 79.9. The van der Waals surface area contributed by atoms with Gasteiger partial charge in [-0.1, -0.05) is 50.1 Å². The third-order valence-corrected chi connectivity index (χ3v) is 4.11. The van der Waals surface area contributed by atoms with E-state index in [-0.39, 0.29) is 0 Å². The van der Waals surface area contributed by atoms with Gasteiger partial charge in [-0.3, -0.25) is 0 Å². The fourth-order valence-corrected chi connectivity index (χ4v) is 3.50. The molecule has 5 nitrogen and oxygen atoms in total. The number of aromatic amines is 1. The number of nitrogens with zero attached hydrogens (tertiary/aromatic N) is 3. The zero-order valence-corrected chi connectivity index (χ0v) is 15.3. The molecule has 0 aliphatic rings. The number of rotatable bonds is 4. The van der Waals surface area contributed by atoms with E-state index in [0.717, 1.165) is 31.4 Å². The maximum absolute atomic E-state index is 5.42. The zero-order valence-electron chi connectivity index (χ0n) is 12.1. The molecule has 2 aromatic carbocycles. The average molecular weight is 436 g/mol. The van der Waals surface area contributed by atoms with Crippen molar-refractivity contribution in [3.63, 3.8) is 0 Å². The Balaban J connectivity index is 2.19. The normalized spacial score (nSPS) is 11.5. The third kappa shape index (κ3) is 3.68. The maximum Gasteiger partial charge on any atom is 0.205 e. The molecule has 3 rings (SSSR count). The number of para-hydroxylation sites is 1. The van der Waals surface area contributed by atoms with Gasteiger partial charge in [0, 0.05) is 20.1 Å². The highest BCUT2D eigenvalue weighted by Crippen LogP contribution is 2.31. The number of halogens is 2. The summed E-state index contributed by atoms with van der Waals surface area (Å²) in [6.07, 6.45) is 1.98. The Morgan fingerprint density at radius 2 is 1.87 bits per heavy atom. The lowest BCUT2D eigenvalue weighted by atomic mass is 10.0. The predicted octanol–water partition coefficient (Wildman–Crippen LogP) is 4.32. The molecule has 0 aliphatic heterocycles. The van der Waals surface area contributed by atoms with Crippen LogP contribution in [0.5, 0.6) is 5.75 Å². The van der Waals surface area contributed by atoms with E-state index in [4.69, 9.17) is 4.74 Å². The highest BCUT2D eigenvalue weighted by Gasteiger charge is 2.13. The molecule has 0 fully saturated rings. The van der Waals surface area contributed by atoms with Crippen molar-refractivity contribution in [2.24, 2.45) is 0 Å². The lowest BCUT2D eigenvalue weighted by Gasteiger charge is -2.08. The van der Waals surface area contributed by atoms with Gasteiger partial charge < -0.3 is 4.74 Å². The minimum Gasteiger partial charge on any atom is -0.496 e. The van der Waals surface area contributed by atoms with Gasteiger partial charge in [0.25, 0.3) is 0 Å². The minimum atomic E-state index is 0.515. The largest absolute Gasteiger partial charge is 0.496 e. The van der Waals surface area contributed by atoms with Crippen molar-refractivity contribution in [3.8, 4) is 5.75 Å². The van der Waals surface area contributed by atoms with Gasteiger partial charge in [-0.2, -0.15) is 5.21 Å². The molecule has 0 amide bonds. The Bertz CT molecular complexity index is 827. The molecular formula is C16H12Br2N4O. The topological polar surface area (TPSA) is 63.7 Å². The fraction of sp³-hybridized carbons (Fsp3) is 0.0625. The van der Waals surface area contributed by atoms with Crippen molar-refractivity contribution >= 4 is 43.5 Å². The van der Waals surface area contributed by atoms with Crippen molar-refractivity contribution in [3.05, 3.63) is 68.4 Å². The molecule has 0 atom stereocenters. The SMILES string of the molecule is COc1ccccc1/C=C(/c1cc(Br)cc(Br)c1)c1nn[nH]n1. The number of aromatic nitrogens is 4. The molecule has 0 bridgehead atoms. The Labute approximate surface area is 150 Å². The Morgan fingerprint density at radius 1 is 1.13 bits per heavy atom. The molecule has 3 aromatic rings. The minimum absolute atomic E-state index is 0.515. The molecule has 1 N–H and O–H groups in total. The van der Waals surface area contributed by atoms with Crippen molar-refractivity contribution in [1.82, 2.24) is 20.6 Å². The zero-order chi connectivity index (χ0) is 16.2. The molecule has 0 unspecified atom stereocenters. The van der Waals surface area contributed by atoms with E-state index in [1.165, 1.54) is 0 Å². The van der Waals surface area contributed by atoms with E-state index >= 15 is 0 Å². The first kappa shape index (κ1) is 15.9. The molecular weight excluding hydrogens is 424 g/mol. The molecule has 0 saturated carbocycles. The second-order valence-corrected chi connectivity index (χ2v) is 6.52. The Hall–Kier alpha value is -1.99. The van der Waals surface area contributed by atoms with Gasteiger partial charge in [0.2, 0.25) is 5.82 Å². The van der Waals surface area contributed by atoms with E-state index in [1.54, 1.807) is 7.11 Å². The highest BCUT2D eigenvalue weighted by molar-refractivity contribution is 9.11. The van der Waals surface area contributed by atoms with E-state index in [0.29, 0.717) is 5.82 Å². The number of methoxy groups -OCH3 is 1. The molecule has 116 valence electrons. The van der Waals surface area contributed by atoms with Crippen LogP contribution in [0, 0.1) is 0 Å². The first-order valence-corrected chi connectivity index (χ1v) is 8.31. The number of benzene rings is 2. The van der Waals surface area contributed by atoms with E-state index < -0.39 is 0 Å². The van der Waals surface area contributed by atoms with Crippen LogP contribution in [0.4, 0.5) is 0 Å². The lowest BCUT2D eigenvalue weighted by molar-refractivity contribution is 0.414. The van der Waals surface area contributed by atoms with Crippen LogP contribution in [0.15, 0.2) is 51.4 Å². The van der Waals surface area contributed by atoms with Crippen LogP contribution in [0.2, 0.25) is 0 Å². The van der Waals surface area contributed by atoms with Gasteiger partial charge in [-0.15, -0.1) is 10.2 Å². The maximum atomic E-state index is 5.42. The van der Waals surface area contributed by atoms with Crippen molar-refractivity contribution in [2.75, 3.05) is 7.11 Å². The first-order chi connectivity index (χ1) is 11.2. The average Bonchev–Trinajstić information content (AvgIpc) is 3.06. The van der Waals surface area contributed by atoms with Crippen molar-refractivity contribution in [1.29, 1.82) is 0 Å². The van der Waals surface area contributed by atoms with Crippen LogP contribution in [0.1, 0.15) is 17.0 Å². The summed E-state index contributed by atoms with van der Waals surface area (Å²) in [6, 6.07) is 13.8. The summed E-state index contributed by atoms with van der Waals surface area (Å²) in [4.78, 5) is 0. The second kappa shape index (κ2) is 7.06. The number of nitrogens with one attached hydrogen (secondary N) is 1. The number of H-pyrrole nitrogens is 1. The predicted molar refractivity (Wildman–Crippen MR) is 96.0 cm³/mol. The Morgan fingerprint density at radius 3 is 2.52 bits per heavy atom. The summed E-state index contributed by atoms with van der Waals surface area (Å²) in [5, 5.41) is 14.4. The molecule has 0 aliphatic carbocycles. The summed E-state index contributed by atoms with van der Waals surface area (Å²) in [5.41, 5.74) is 2.73. The van der Waals surface area contributed by atoms with Gasteiger partial charge in [0.05, 0.1) is 7.11 Å². The quantitative estimate of drug-likeness (QED) is 0.619. The van der Waals surface area contributed by atoms with Crippen molar-refractivity contribution in [2.45, 2.75) is 0 Å². The second-order valence-electron chi connectivity index (χ2n) is 4.69. The molecule has 1 heterocycles. The standard InChI is InChI=1S/C16H12Br2N4O/c1-23-15-5-3-2-4-10(15)8-14(16-19-21-22-20-16)11-6-12(17)9-13(18)7-11/h2-9H,1H3,(H,19,20,21,22)/b14-8-. The van der Waals surface area contributed by atoms with E-state index in [1.807, 2.05) is 48.5 Å². The molecule has 0 saturated heterocycles. The molecule has 0 spiro atoms. The summed E-state index contributed by atoms with van der Waals surface area (Å²) >= 11 is 7.02.